The Morgan fingerprint density at radius 3 is 2.82 bits per heavy atom. The summed E-state index contributed by atoms with van der Waals surface area (Å²) in [4.78, 5) is 15.7. The Bertz CT molecular complexity index is 383. The molecular weight excluding hydrogens is 230 g/mol. The lowest BCUT2D eigenvalue weighted by Crippen LogP contribution is -2.32. The lowest BCUT2D eigenvalue weighted by molar-refractivity contribution is -0.121. The van der Waals surface area contributed by atoms with Crippen LogP contribution < -0.4 is 0 Å². The van der Waals surface area contributed by atoms with E-state index in [2.05, 4.69) is 22.4 Å². The molecule has 0 saturated heterocycles. The van der Waals surface area contributed by atoms with Gasteiger partial charge in [-0.1, -0.05) is 6.07 Å². The maximum atomic E-state index is 11.7. The molecule has 2 saturated carbocycles. The van der Waals surface area contributed by atoms with E-state index in [-0.39, 0.29) is 0 Å². The van der Waals surface area contributed by atoms with Gasteiger partial charge in [0.25, 0.3) is 0 Å². The number of ketones is 1. The van der Waals surface area contributed by atoms with Crippen LogP contribution in [0.5, 0.6) is 0 Å². The fourth-order valence-electron chi connectivity index (χ4n) is 2.75. The molecule has 0 aromatic carbocycles. The standard InChI is InChI=1S/C14H19NOS/c16-14-5-1-3-11(14)9-15(12-6-7-12)10-13-4-2-8-17-13/h2,4,8,11-12H,1,3,5-7,9-10H2. The largest absolute Gasteiger partial charge is 0.299 e. The molecule has 0 N–H and O–H groups in total. The lowest BCUT2D eigenvalue weighted by atomic mass is 10.1. The summed E-state index contributed by atoms with van der Waals surface area (Å²) in [6.45, 7) is 2.05. The Morgan fingerprint density at radius 1 is 1.35 bits per heavy atom. The summed E-state index contributed by atoms with van der Waals surface area (Å²) in [7, 11) is 0. The van der Waals surface area contributed by atoms with E-state index in [9.17, 15) is 4.79 Å². The highest BCUT2D eigenvalue weighted by molar-refractivity contribution is 7.09. The number of hydrogen-bond acceptors (Lipinski definition) is 3. The molecule has 2 nitrogen and oxygen atoms in total. The van der Waals surface area contributed by atoms with Crippen LogP contribution in [0.1, 0.15) is 37.0 Å². The van der Waals surface area contributed by atoms with Gasteiger partial charge in [-0.25, -0.2) is 0 Å². The molecule has 0 amide bonds. The number of carbonyl (C=O) groups excluding carboxylic acids is 1. The van der Waals surface area contributed by atoms with Gasteiger partial charge in [0.1, 0.15) is 5.78 Å². The van der Waals surface area contributed by atoms with Gasteiger partial charge >= 0.3 is 0 Å². The highest BCUT2D eigenvalue weighted by Crippen LogP contribution is 2.32. The molecule has 1 atom stereocenters. The van der Waals surface area contributed by atoms with Gasteiger partial charge in [0, 0.05) is 36.3 Å². The maximum Gasteiger partial charge on any atom is 0.137 e. The van der Waals surface area contributed by atoms with Crippen molar-refractivity contribution in [1.82, 2.24) is 4.90 Å². The Labute approximate surface area is 107 Å². The summed E-state index contributed by atoms with van der Waals surface area (Å²) in [6, 6.07) is 5.08. The van der Waals surface area contributed by atoms with Crippen LogP contribution in [0.25, 0.3) is 0 Å². The molecule has 1 aromatic rings. The van der Waals surface area contributed by atoms with Crippen molar-refractivity contribution in [1.29, 1.82) is 0 Å². The van der Waals surface area contributed by atoms with Crippen LogP contribution in [0.4, 0.5) is 0 Å². The Morgan fingerprint density at radius 2 is 2.24 bits per heavy atom. The molecule has 0 bridgehead atoms. The number of rotatable bonds is 5. The van der Waals surface area contributed by atoms with Gasteiger partial charge in [0.15, 0.2) is 0 Å². The summed E-state index contributed by atoms with van der Waals surface area (Å²) in [6.07, 6.45) is 5.70. The molecule has 92 valence electrons. The predicted molar refractivity (Wildman–Crippen MR) is 70.1 cm³/mol. The zero-order valence-electron chi connectivity index (χ0n) is 10.1. The number of carbonyl (C=O) groups is 1. The average molecular weight is 249 g/mol. The van der Waals surface area contributed by atoms with Crippen LogP contribution >= 0.6 is 11.3 Å². The molecule has 0 radical (unpaired) electrons. The van der Waals surface area contributed by atoms with E-state index in [1.54, 1.807) is 0 Å². The summed E-state index contributed by atoms with van der Waals surface area (Å²) < 4.78 is 0. The number of thiophene rings is 1. The number of hydrogen-bond donors (Lipinski definition) is 0. The second kappa shape index (κ2) is 4.91. The Balaban J connectivity index is 1.62. The molecule has 2 fully saturated rings. The molecule has 3 rings (SSSR count). The SMILES string of the molecule is O=C1CCCC1CN(Cc1cccs1)C1CC1. The average Bonchev–Trinajstić information content (AvgIpc) is 2.91. The minimum Gasteiger partial charge on any atom is -0.299 e. The van der Waals surface area contributed by atoms with Gasteiger partial charge < -0.3 is 0 Å². The van der Waals surface area contributed by atoms with Crippen LogP contribution in [-0.2, 0) is 11.3 Å². The molecule has 0 aliphatic heterocycles. The van der Waals surface area contributed by atoms with Crippen molar-refractivity contribution in [3.05, 3.63) is 22.4 Å². The van der Waals surface area contributed by atoms with Crippen LogP contribution in [0, 0.1) is 5.92 Å². The minimum atomic E-state index is 0.329. The second-order valence-electron chi connectivity index (χ2n) is 5.30. The van der Waals surface area contributed by atoms with Crippen molar-refractivity contribution in [2.45, 2.75) is 44.7 Å². The van der Waals surface area contributed by atoms with Gasteiger partial charge in [-0.15, -0.1) is 11.3 Å². The molecule has 2 aliphatic carbocycles. The van der Waals surface area contributed by atoms with Gasteiger partial charge in [0.2, 0.25) is 0 Å². The van der Waals surface area contributed by atoms with E-state index >= 15 is 0 Å². The highest BCUT2D eigenvalue weighted by atomic mass is 32.1. The van der Waals surface area contributed by atoms with E-state index in [4.69, 9.17) is 0 Å². The first kappa shape index (κ1) is 11.4. The molecule has 1 unspecified atom stereocenters. The molecule has 0 spiro atoms. The van der Waals surface area contributed by atoms with Crippen molar-refractivity contribution in [3.8, 4) is 0 Å². The third-order valence-electron chi connectivity index (χ3n) is 3.89. The molecule has 17 heavy (non-hydrogen) atoms. The second-order valence-corrected chi connectivity index (χ2v) is 6.33. The van der Waals surface area contributed by atoms with Crippen LogP contribution in [0.2, 0.25) is 0 Å². The van der Waals surface area contributed by atoms with Crippen LogP contribution in [0.3, 0.4) is 0 Å². The van der Waals surface area contributed by atoms with Crippen LogP contribution in [0.15, 0.2) is 17.5 Å². The summed E-state index contributed by atoms with van der Waals surface area (Å²) in [5, 5.41) is 2.14. The molecule has 1 aromatic heterocycles. The first-order valence-electron chi connectivity index (χ1n) is 6.62. The third-order valence-corrected chi connectivity index (χ3v) is 4.75. The van der Waals surface area contributed by atoms with Crippen LogP contribution in [-0.4, -0.2) is 23.3 Å². The lowest BCUT2D eigenvalue weighted by Gasteiger charge is -2.24. The van der Waals surface area contributed by atoms with Crippen molar-refractivity contribution >= 4 is 17.1 Å². The third kappa shape index (κ3) is 2.78. The topological polar surface area (TPSA) is 20.3 Å². The van der Waals surface area contributed by atoms with E-state index in [1.807, 2.05) is 11.3 Å². The van der Waals surface area contributed by atoms with Crippen molar-refractivity contribution in [2.24, 2.45) is 5.92 Å². The summed E-state index contributed by atoms with van der Waals surface area (Å²) in [5.41, 5.74) is 0. The van der Waals surface area contributed by atoms with E-state index < -0.39 is 0 Å². The predicted octanol–water partition coefficient (Wildman–Crippen LogP) is 3.08. The van der Waals surface area contributed by atoms with Gasteiger partial charge in [0.05, 0.1) is 0 Å². The summed E-state index contributed by atoms with van der Waals surface area (Å²) >= 11 is 1.83. The zero-order chi connectivity index (χ0) is 11.7. The normalized spacial score (nSPS) is 24.8. The quantitative estimate of drug-likeness (QED) is 0.799. The zero-order valence-corrected chi connectivity index (χ0v) is 10.9. The molecule has 2 aliphatic rings. The number of nitrogens with zero attached hydrogens (tertiary/aromatic N) is 1. The molecule has 3 heteroatoms. The van der Waals surface area contributed by atoms with E-state index in [0.29, 0.717) is 11.7 Å². The molecular formula is C14H19NOS. The van der Waals surface area contributed by atoms with Gasteiger partial charge in [-0.3, -0.25) is 9.69 Å². The first-order valence-corrected chi connectivity index (χ1v) is 7.50. The molecule has 1 heterocycles. The van der Waals surface area contributed by atoms with Crippen molar-refractivity contribution < 1.29 is 4.79 Å². The summed E-state index contributed by atoms with van der Waals surface area (Å²) in [5.74, 6) is 0.831. The number of Topliss-reactive ketones (excluding diaryl/α,β-unsaturated/α-hetero) is 1. The van der Waals surface area contributed by atoms with E-state index in [0.717, 1.165) is 38.4 Å². The first-order chi connectivity index (χ1) is 8.33. The van der Waals surface area contributed by atoms with Gasteiger partial charge in [-0.2, -0.15) is 0 Å². The van der Waals surface area contributed by atoms with Gasteiger partial charge in [-0.05, 0) is 37.1 Å². The van der Waals surface area contributed by atoms with Crippen molar-refractivity contribution in [2.75, 3.05) is 6.54 Å². The minimum absolute atomic E-state index is 0.329. The monoisotopic (exact) mass is 249 g/mol. The Kier molecular flexibility index (Phi) is 3.30. The van der Waals surface area contributed by atoms with E-state index in [1.165, 1.54) is 17.7 Å². The highest BCUT2D eigenvalue weighted by Gasteiger charge is 2.33. The van der Waals surface area contributed by atoms with Crippen molar-refractivity contribution in [3.63, 3.8) is 0 Å². The smallest absolute Gasteiger partial charge is 0.137 e. The fourth-order valence-corrected chi connectivity index (χ4v) is 3.48. The fraction of sp³-hybridized carbons (Fsp3) is 0.643. The maximum absolute atomic E-state index is 11.7. The Hall–Kier alpha value is -0.670.